The highest BCUT2D eigenvalue weighted by Crippen LogP contribution is 2.11. The number of rotatable bonds is 1. The minimum Gasteiger partial charge on any atom is -0.396 e. The number of anilines is 2. The van der Waals surface area contributed by atoms with Gasteiger partial charge in [-0.1, -0.05) is 27.8 Å². The van der Waals surface area contributed by atoms with Crippen LogP contribution < -0.4 is 11.5 Å². The molecule has 0 aliphatic rings. The zero-order valence-electron chi connectivity index (χ0n) is 7.05. The summed E-state index contributed by atoms with van der Waals surface area (Å²) in [6.07, 6.45) is 2.43. The van der Waals surface area contributed by atoms with Crippen LogP contribution in [0.3, 0.4) is 0 Å². The van der Waals surface area contributed by atoms with Crippen molar-refractivity contribution in [3.63, 3.8) is 0 Å². The van der Waals surface area contributed by atoms with Crippen molar-refractivity contribution in [1.29, 1.82) is 0 Å². The van der Waals surface area contributed by atoms with Crippen molar-refractivity contribution >= 4 is 27.4 Å². The number of pyridine rings is 1. The summed E-state index contributed by atoms with van der Waals surface area (Å²) in [5, 5.41) is 0.873. The average molecular weight is 240 g/mol. The highest BCUT2D eigenvalue weighted by Gasteiger charge is 1.94. The van der Waals surface area contributed by atoms with Crippen molar-refractivity contribution in [3.8, 4) is 11.8 Å². The zero-order chi connectivity index (χ0) is 9.68. The maximum Gasteiger partial charge on any atom is 0.146 e. The molecule has 1 aromatic heterocycles. The summed E-state index contributed by atoms with van der Waals surface area (Å²) >= 11 is 3.29. The molecule has 4 heteroatoms. The molecule has 0 radical (unpaired) electrons. The molecule has 0 atom stereocenters. The maximum absolute atomic E-state index is 5.56. The van der Waals surface area contributed by atoms with Gasteiger partial charge in [-0.05, 0) is 6.07 Å². The number of hydrogen-bond acceptors (Lipinski definition) is 3. The molecule has 1 aromatic rings. The lowest BCUT2D eigenvalue weighted by Gasteiger charge is -1.97. The minimum atomic E-state index is 0.353. The molecule has 0 saturated carbocycles. The minimum absolute atomic E-state index is 0.353. The predicted molar refractivity (Wildman–Crippen MR) is 58.4 cm³/mol. The molecular weight excluding hydrogens is 230 g/mol. The Morgan fingerprint density at radius 2 is 2.23 bits per heavy atom. The summed E-state index contributed by atoms with van der Waals surface area (Å²) in [5.41, 5.74) is 12.3. The van der Waals surface area contributed by atoms with Gasteiger partial charge in [0.25, 0.3) is 0 Å². The van der Waals surface area contributed by atoms with E-state index in [9.17, 15) is 0 Å². The molecule has 0 saturated heterocycles. The highest BCUT2D eigenvalue weighted by atomic mass is 79.9. The largest absolute Gasteiger partial charge is 0.396 e. The lowest BCUT2D eigenvalue weighted by atomic mass is 10.2. The second-order valence-electron chi connectivity index (χ2n) is 2.44. The molecule has 13 heavy (non-hydrogen) atoms. The maximum atomic E-state index is 5.56. The van der Waals surface area contributed by atoms with Crippen molar-refractivity contribution in [2.75, 3.05) is 16.8 Å². The summed E-state index contributed by atoms with van der Waals surface area (Å²) in [6, 6.07) is 1.73. The zero-order valence-corrected chi connectivity index (χ0v) is 8.63. The van der Waals surface area contributed by atoms with Crippen LogP contribution in [0.25, 0.3) is 0 Å². The molecule has 3 nitrogen and oxygen atoms in total. The van der Waals surface area contributed by atoms with Crippen molar-refractivity contribution in [2.24, 2.45) is 0 Å². The summed E-state index contributed by atoms with van der Waals surface area (Å²) in [5.74, 6) is 6.25. The van der Waals surface area contributed by atoms with Gasteiger partial charge in [0.2, 0.25) is 0 Å². The number of aromatic nitrogens is 1. The Bertz CT molecular complexity index is 352. The van der Waals surface area contributed by atoms with E-state index in [1.165, 1.54) is 0 Å². The number of nitrogen functional groups attached to an aromatic ring is 2. The quantitative estimate of drug-likeness (QED) is 0.575. The number of nitrogens with two attached hydrogens (primary N) is 2. The summed E-state index contributed by atoms with van der Waals surface area (Å²) in [4.78, 5) is 3.90. The number of alkyl halides is 1. The first-order valence-corrected chi connectivity index (χ1v) is 4.92. The van der Waals surface area contributed by atoms with Crippen molar-refractivity contribution < 1.29 is 0 Å². The van der Waals surface area contributed by atoms with E-state index in [4.69, 9.17) is 11.5 Å². The van der Waals surface area contributed by atoms with E-state index in [-0.39, 0.29) is 0 Å². The molecule has 1 rings (SSSR count). The molecule has 0 unspecified atom stereocenters. The van der Waals surface area contributed by atoms with Crippen molar-refractivity contribution in [2.45, 2.75) is 6.42 Å². The molecule has 4 N–H and O–H groups in total. The van der Waals surface area contributed by atoms with E-state index >= 15 is 0 Å². The summed E-state index contributed by atoms with van der Waals surface area (Å²) in [7, 11) is 0. The number of nitrogens with zero attached hydrogens (tertiary/aromatic N) is 1. The van der Waals surface area contributed by atoms with E-state index in [0.717, 1.165) is 17.3 Å². The molecule has 0 aliphatic heterocycles. The first-order chi connectivity index (χ1) is 6.24. The molecule has 0 bridgehead atoms. The van der Waals surface area contributed by atoms with Gasteiger partial charge >= 0.3 is 0 Å². The van der Waals surface area contributed by atoms with E-state index in [2.05, 4.69) is 32.8 Å². The Kier molecular flexibility index (Phi) is 3.59. The van der Waals surface area contributed by atoms with Gasteiger partial charge in [-0.15, -0.1) is 0 Å². The highest BCUT2D eigenvalue weighted by molar-refractivity contribution is 9.09. The predicted octanol–water partition coefficient (Wildman–Crippen LogP) is 1.38. The van der Waals surface area contributed by atoms with Crippen LogP contribution in [0.5, 0.6) is 0 Å². The van der Waals surface area contributed by atoms with Crippen LogP contribution in [0.2, 0.25) is 0 Å². The second kappa shape index (κ2) is 4.73. The van der Waals surface area contributed by atoms with E-state index < -0.39 is 0 Å². The molecule has 0 aromatic carbocycles. The monoisotopic (exact) mass is 239 g/mol. The first-order valence-electron chi connectivity index (χ1n) is 3.80. The van der Waals surface area contributed by atoms with Crippen LogP contribution in [0, 0.1) is 11.8 Å². The lowest BCUT2D eigenvalue weighted by molar-refractivity contribution is 1.30. The van der Waals surface area contributed by atoms with Crippen molar-refractivity contribution in [3.05, 3.63) is 17.8 Å². The molecule has 68 valence electrons. The molecule has 1 heterocycles. The van der Waals surface area contributed by atoms with Gasteiger partial charge in [-0.25, -0.2) is 4.98 Å². The third-order valence-corrected chi connectivity index (χ3v) is 1.80. The van der Waals surface area contributed by atoms with Crippen molar-refractivity contribution in [1.82, 2.24) is 4.98 Å². The third kappa shape index (κ3) is 2.96. The van der Waals surface area contributed by atoms with E-state index in [1.807, 2.05) is 0 Å². The molecular formula is C9H10BrN3. The van der Waals surface area contributed by atoms with E-state index in [0.29, 0.717) is 11.5 Å². The smallest absolute Gasteiger partial charge is 0.146 e. The fraction of sp³-hybridized carbons (Fsp3) is 0.222. The van der Waals surface area contributed by atoms with Crippen LogP contribution in [0.15, 0.2) is 12.3 Å². The number of halogens is 1. The Labute approximate surface area is 85.7 Å². The van der Waals surface area contributed by atoms with Gasteiger partial charge in [0.15, 0.2) is 0 Å². The van der Waals surface area contributed by atoms with Crippen LogP contribution in [0.1, 0.15) is 12.0 Å². The summed E-state index contributed by atoms with van der Waals surface area (Å²) in [6.45, 7) is 0. The fourth-order valence-electron chi connectivity index (χ4n) is 0.773. The van der Waals surface area contributed by atoms with Crippen LogP contribution >= 0.6 is 15.9 Å². The van der Waals surface area contributed by atoms with Gasteiger partial charge in [-0.2, -0.15) is 0 Å². The van der Waals surface area contributed by atoms with E-state index in [1.54, 1.807) is 12.3 Å². The molecule has 0 amide bonds. The SMILES string of the molecule is Nc1cc(C#CCCBr)cnc1N. The van der Waals surface area contributed by atoms with Gasteiger partial charge < -0.3 is 11.5 Å². The lowest BCUT2D eigenvalue weighted by Crippen LogP contribution is -1.97. The molecule has 0 aliphatic carbocycles. The summed E-state index contributed by atoms with van der Waals surface area (Å²) < 4.78 is 0. The van der Waals surface area contributed by atoms with Crippen LogP contribution in [-0.4, -0.2) is 10.3 Å². The Balaban J connectivity index is 2.81. The number of hydrogen-bond donors (Lipinski definition) is 2. The van der Waals surface area contributed by atoms with Gasteiger partial charge in [-0.3, -0.25) is 0 Å². The first kappa shape index (κ1) is 9.87. The average Bonchev–Trinajstić information content (AvgIpc) is 2.12. The fourth-order valence-corrected chi connectivity index (χ4v) is 0.971. The Hall–Kier alpha value is -1.21. The Morgan fingerprint density at radius 1 is 1.46 bits per heavy atom. The van der Waals surface area contributed by atoms with Gasteiger partial charge in [0, 0.05) is 23.5 Å². The standard InChI is InChI=1S/C9H10BrN3/c10-4-2-1-3-7-5-8(11)9(12)13-6-7/h5-6H,2,4,11H2,(H2,12,13). The van der Waals surface area contributed by atoms with Gasteiger partial charge in [0.05, 0.1) is 5.69 Å². The molecule has 0 spiro atoms. The van der Waals surface area contributed by atoms with Crippen LogP contribution in [-0.2, 0) is 0 Å². The Morgan fingerprint density at radius 3 is 2.85 bits per heavy atom. The topological polar surface area (TPSA) is 64.9 Å². The third-order valence-electron chi connectivity index (χ3n) is 1.40. The second-order valence-corrected chi connectivity index (χ2v) is 3.23. The normalized spacial score (nSPS) is 9.00. The van der Waals surface area contributed by atoms with Gasteiger partial charge in [0.1, 0.15) is 5.82 Å². The van der Waals surface area contributed by atoms with Crippen LogP contribution in [0.4, 0.5) is 11.5 Å². The molecule has 0 fully saturated rings.